The third-order valence-corrected chi connectivity index (χ3v) is 7.33. The number of hydrogen-bond donors (Lipinski definition) is 0. The van der Waals surface area contributed by atoms with E-state index >= 15 is 0 Å². The van der Waals surface area contributed by atoms with Crippen LogP contribution in [-0.4, -0.2) is 64.5 Å². The van der Waals surface area contributed by atoms with Gasteiger partial charge in [0, 0.05) is 0 Å². The van der Waals surface area contributed by atoms with Gasteiger partial charge in [-0.15, -0.1) is 0 Å². The Bertz CT molecular complexity index is 448. The van der Waals surface area contributed by atoms with Gasteiger partial charge in [0.05, 0.1) is 6.61 Å². The van der Waals surface area contributed by atoms with Gasteiger partial charge in [-0.05, 0) is 78.6 Å². The third kappa shape index (κ3) is 9.74. The largest absolute Gasteiger partial charge is 0.415 e. The molecule has 1 rings (SSSR count). The quantitative estimate of drug-likeness (QED) is 0.481. The molecule has 9 heteroatoms. The molecular formula is C17H42O5Si4. The molecule has 0 aromatic heterocycles. The van der Waals surface area contributed by atoms with Gasteiger partial charge in [-0.3, -0.25) is 0 Å². The Balaban J connectivity index is 3.10. The van der Waals surface area contributed by atoms with Crippen LogP contribution in [0.1, 0.15) is 0 Å². The van der Waals surface area contributed by atoms with E-state index in [0.717, 1.165) is 0 Å². The van der Waals surface area contributed by atoms with Gasteiger partial charge in [-0.25, -0.2) is 0 Å². The van der Waals surface area contributed by atoms with Gasteiger partial charge in [0.2, 0.25) is 0 Å². The predicted molar refractivity (Wildman–Crippen MR) is 119 cm³/mol. The second-order valence-electron chi connectivity index (χ2n) is 11.1. The molecule has 0 aromatic carbocycles. The van der Waals surface area contributed by atoms with Crippen molar-refractivity contribution in [2.75, 3.05) is 6.61 Å². The summed E-state index contributed by atoms with van der Waals surface area (Å²) in [6, 6.07) is 0. The molecule has 5 nitrogen and oxygen atoms in total. The lowest BCUT2D eigenvalue weighted by Gasteiger charge is -2.35. The zero-order valence-electron chi connectivity index (χ0n) is 19.1. The summed E-state index contributed by atoms with van der Waals surface area (Å²) in [4.78, 5) is 0. The Kier molecular flexibility index (Phi) is 8.15. The first-order chi connectivity index (χ1) is 11.4. The molecule has 0 aromatic rings. The van der Waals surface area contributed by atoms with E-state index in [1.54, 1.807) is 0 Å². The summed E-state index contributed by atoms with van der Waals surface area (Å²) >= 11 is 0. The lowest BCUT2D eigenvalue weighted by molar-refractivity contribution is -0.116. The number of rotatable bonds is 9. The summed E-state index contributed by atoms with van der Waals surface area (Å²) in [5, 5.41) is 0. The molecule has 26 heavy (non-hydrogen) atoms. The molecule has 0 amide bonds. The molecule has 0 radical (unpaired) electrons. The standard InChI is InChI=1S/C17H42O5Si4/c1-23(2,3)18-13-14-15(20-24(4,5)6)16(21-25(7,8)9)17(19-14)22-26(10,11)12/h14-17H,13H2,1-12H3/t14-,15-,16-,17-/m1/s1. The highest BCUT2D eigenvalue weighted by atomic mass is 28.4. The van der Waals surface area contributed by atoms with Crippen molar-refractivity contribution in [2.24, 2.45) is 0 Å². The van der Waals surface area contributed by atoms with E-state index < -0.39 is 33.3 Å². The molecule has 0 aliphatic carbocycles. The van der Waals surface area contributed by atoms with Crippen LogP contribution >= 0.6 is 0 Å². The van der Waals surface area contributed by atoms with Gasteiger partial charge in [-0.1, -0.05) is 0 Å². The minimum absolute atomic E-state index is 0.133. The molecule has 0 spiro atoms. The van der Waals surface area contributed by atoms with E-state index in [9.17, 15) is 0 Å². The van der Waals surface area contributed by atoms with E-state index in [1.165, 1.54) is 0 Å². The number of hydrogen-bond acceptors (Lipinski definition) is 5. The molecule has 1 fully saturated rings. The van der Waals surface area contributed by atoms with Gasteiger partial charge in [-0.2, -0.15) is 0 Å². The third-order valence-electron chi connectivity index (χ3n) is 3.40. The molecule has 1 aliphatic rings. The van der Waals surface area contributed by atoms with Crippen LogP contribution in [0.3, 0.4) is 0 Å². The summed E-state index contributed by atoms with van der Waals surface area (Å²) < 4.78 is 32.0. The summed E-state index contributed by atoms with van der Waals surface area (Å²) in [5.41, 5.74) is 0. The Hall–Kier alpha value is 0.668. The van der Waals surface area contributed by atoms with Crippen molar-refractivity contribution in [3.05, 3.63) is 0 Å². The zero-order chi connectivity index (χ0) is 20.6. The lowest BCUT2D eigenvalue weighted by Crippen LogP contribution is -2.50. The Morgan fingerprint density at radius 2 is 1.00 bits per heavy atom. The first kappa shape index (κ1) is 24.7. The first-order valence-corrected chi connectivity index (χ1v) is 23.3. The summed E-state index contributed by atoms with van der Waals surface area (Å²) in [6.07, 6.45) is -0.831. The van der Waals surface area contributed by atoms with Crippen LogP contribution < -0.4 is 0 Å². The van der Waals surface area contributed by atoms with Crippen molar-refractivity contribution in [1.82, 2.24) is 0 Å². The molecule has 1 saturated heterocycles. The van der Waals surface area contributed by atoms with Gasteiger partial charge in [0.1, 0.15) is 18.3 Å². The fraction of sp³-hybridized carbons (Fsp3) is 1.00. The summed E-state index contributed by atoms with van der Waals surface area (Å²) in [6.45, 7) is 26.9. The van der Waals surface area contributed by atoms with Crippen molar-refractivity contribution in [3.63, 3.8) is 0 Å². The summed E-state index contributed by atoms with van der Waals surface area (Å²) in [7, 11) is -6.99. The van der Waals surface area contributed by atoms with Gasteiger partial charge < -0.3 is 22.4 Å². The average molecular weight is 439 g/mol. The molecule has 4 atom stereocenters. The van der Waals surface area contributed by atoms with Crippen LogP contribution in [0, 0.1) is 0 Å². The zero-order valence-corrected chi connectivity index (χ0v) is 23.1. The van der Waals surface area contributed by atoms with Crippen LogP contribution in [0.4, 0.5) is 0 Å². The number of ether oxygens (including phenoxy) is 1. The van der Waals surface area contributed by atoms with E-state index in [4.69, 9.17) is 22.4 Å². The van der Waals surface area contributed by atoms with Crippen molar-refractivity contribution >= 4 is 33.3 Å². The van der Waals surface area contributed by atoms with Crippen molar-refractivity contribution in [3.8, 4) is 0 Å². The fourth-order valence-electron chi connectivity index (χ4n) is 2.69. The highest BCUT2D eigenvalue weighted by Gasteiger charge is 2.51. The van der Waals surface area contributed by atoms with Crippen LogP contribution in [0.2, 0.25) is 78.6 Å². The molecule has 156 valence electrons. The topological polar surface area (TPSA) is 46.2 Å². The van der Waals surface area contributed by atoms with Crippen molar-refractivity contribution in [2.45, 2.75) is 103 Å². The van der Waals surface area contributed by atoms with E-state index in [-0.39, 0.29) is 24.6 Å². The van der Waals surface area contributed by atoms with Gasteiger partial charge in [0.15, 0.2) is 39.6 Å². The van der Waals surface area contributed by atoms with E-state index in [1.807, 2.05) is 0 Å². The maximum atomic E-state index is 6.56. The normalized spacial score (nSPS) is 28.6. The van der Waals surface area contributed by atoms with Crippen LogP contribution in [0.15, 0.2) is 0 Å². The first-order valence-electron chi connectivity index (χ1n) is 9.69. The lowest BCUT2D eigenvalue weighted by atomic mass is 10.1. The molecule has 0 bridgehead atoms. The summed E-state index contributed by atoms with van der Waals surface area (Å²) in [5.74, 6) is 0. The molecule has 0 unspecified atom stereocenters. The molecular weight excluding hydrogens is 397 g/mol. The van der Waals surface area contributed by atoms with Crippen LogP contribution in [0.5, 0.6) is 0 Å². The Labute approximate surface area is 165 Å². The van der Waals surface area contributed by atoms with Gasteiger partial charge in [0.25, 0.3) is 0 Å². The average Bonchev–Trinajstić information content (AvgIpc) is 2.59. The highest BCUT2D eigenvalue weighted by Crippen LogP contribution is 2.33. The van der Waals surface area contributed by atoms with E-state index in [0.29, 0.717) is 6.61 Å². The maximum Gasteiger partial charge on any atom is 0.187 e. The van der Waals surface area contributed by atoms with Gasteiger partial charge >= 0.3 is 0 Å². The molecule has 1 heterocycles. The monoisotopic (exact) mass is 438 g/mol. The maximum absolute atomic E-state index is 6.56. The van der Waals surface area contributed by atoms with Crippen LogP contribution in [-0.2, 0) is 22.4 Å². The smallest absolute Gasteiger partial charge is 0.187 e. The molecule has 1 aliphatic heterocycles. The Morgan fingerprint density at radius 1 is 0.577 bits per heavy atom. The molecule has 0 N–H and O–H groups in total. The second kappa shape index (κ2) is 8.58. The van der Waals surface area contributed by atoms with Crippen LogP contribution in [0.25, 0.3) is 0 Å². The van der Waals surface area contributed by atoms with Crippen molar-refractivity contribution in [1.29, 1.82) is 0 Å². The minimum Gasteiger partial charge on any atom is -0.415 e. The van der Waals surface area contributed by atoms with E-state index in [2.05, 4.69) is 78.6 Å². The van der Waals surface area contributed by atoms with Crippen molar-refractivity contribution < 1.29 is 22.4 Å². The SMILES string of the molecule is C[Si](C)(C)OC[C@H]1O[C@H](O[Si](C)(C)C)[C@H](O[Si](C)(C)C)[C@@H]1O[Si](C)(C)C. The minimum atomic E-state index is -1.79. The Morgan fingerprint density at radius 3 is 1.38 bits per heavy atom. The predicted octanol–water partition coefficient (Wildman–Crippen LogP) is 4.85. The fourth-order valence-corrected chi connectivity index (χ4v) is 6.40. The second-order valence-corrected chi connectivity index (χ2v) is 29.0. The highest BCUT2D eigenvalue weighted by molar-refractivity contribution is 6.71. The molecule has 0 saturated carbocycles.